The Balaban J connectivity index is 1.59. The molecule has 0 unspecified atom stereocenters. The Morgan fingerprint density at radius 3 is 1.47 bits per heavy atom. The van der Waals surface area contributed by atoms with Crippen LogP contribution >= 0.6 is 0 Å². The second-order valence-electron chi connectivity index (χ2n) is 10.3. The SMILES string of the molecule is Cc1ccc([C@H]2OC3(C(=O)c4ccccc4C3=O)[C@@H](c3ccccc3)C23C(=O)c2ccccc2C3=O)cc1. The van der Waals surface area contributed by atoms with Crippen molar-refractivity contribution in [3.63, 3.8) is 0 Å². The maximum atomic E-state index is 14.6. The molecule has 0 bridgehead atoms. The Kier molecular flexibility index (Phi) is 4.64. The molecule has 4 aromatic rings. The van der Waals surface area contributed by atoms with Crippen molar-refractivity contribution in [1.82, 2.24) is 0 Å². The van der Waals surface area contributed by atoms with Crippen LogP contribution in [0.15, 0.2) is 103 Å². The largest absolute Gasteiger partial charge is 0.348 e. The zero-order valence-corrected chi connectivity index (χ0v) is 20.5. The number of Topliss-reactive ketones (excluding diaryl/α,β-unsaturated/α-hetero) is 4. The first-order valence-electron chi connectivity index (χ1n) is 12.6. The van der Waals surface area contributed by atoms with Crippen molar-refractivity contribution < 1.29 is 23.9 Å². The van der Waals surface area contributed by atoms with Gasteiger partial charge in [-0.25, -0.2) is 0 Å². The molecule has 38 heavy (non-hydrogen) atoms. The lowest BCUT2D eigenvalue weighted by Gasteiger charge is -2.34. The third kappa shape index (κ3) is 2.59. The predicted octanol–water partition coefficient (Wildman–Crippen LogP) is 5.73. The minimum absolute atomic E-state index is 0.244. The Labute approximate surface area is 219 Å². The average molecular weight is 499 g/mol. The first kappa shape index (κ1) is 22.7. The maximum absolute atomic E-state index is 14.6. The van der Waals surface area contributed by atoms with E-state index in [0.29, 0.717) is 11.1 Å². The van der Waals surface area contributed by atoms with Crippen LogP contribution in [-0.4, -0.2) is 28.7 Å². The molecule has 4 aromatic carbocycles. The second kappa shape index (κ2) is 7.76. The van der Waals surface area contributed by atoms with Crippen molar-refractivity contribution in [2.24, 2.45) is 5.41 Å². The smallest absolute Gasteiger partial charge is 0.204 e. The molecule has 5 heteroatoms. The summed E-state index contributed by atoms with van der Waals surface area (Å²) in [4.78, 5) is 57.7. The third-order valence-electron chi connectivity index (χ3n) is 8.35. The van der Waals surface area contributed by atoms with Crippen molar-refractivity contribution in [3.8, 4) is 0 Å². The van der Waals surface area contributed by atoms with E-state index in [1.807, 2.05) is 37.3 Å². The third-order valence-corrected chi connectivity index (χ3v) is 8.35. The molecule has 5 nitrogen and oxygen atoms in total. The van der Waals surface area contributed by atoms with Crippen LogP contribution in [0.25, 0.3) is 0 Å². The van der Waals surface area contributed by atoms with Crippen LogP contribution in [0, 0.1) is 12.3 Å². The number of hydrogen-bond donors (Lipinski definition) is 0. The molecule has 0 amide bonds. The fourth-order valence-electron chi connectivity index (χ4n) is 6.71. The molecule has 2 aliphatic carbocycles. The number of fused-ring (bicyclic) bond motifs is 2. The molecule has 2 atom stereocenters. The number of carbonyl (C=O) groups is 4. The number of ketones is 4. The van der Waals surface area contributed by atoms with Crippen molar-refractivity contribution in [1.29, 1.82) is 0 Å². The van der Waals surface area contributed by atoms with Gasteiger partial charge in [-0.1, -0.05) is 109 Å². The first-order chi connectivity index (χ1) is 18.4. The normalized spacial score (nSPS) is 22.3. The Morgan fingerprint density at radius 2 is 0.974 bits per heavy atom. The lowest BCUT2D eigenvalue weighted by molar-refractivity contribution is -0.0210. The lowest BCUT2D eigenvalue weighted by atomic mass is 9.60. The molecule has 2 spiro atoms. The molecule has 184 valence electrons. The van der Waals surface area contributed by atoms with Gasteiger partial charge in [0.15, 0.2) is 11.6 Å². The summed E-state index contributed by atoms with van der Waals surface area (Å²) in [5.74, 6) is -3.05. The van der Waals surface area contributed by atoms with Gasteiger partial charge in [0, 0.05) is 22.3 Å². The predicted molar refractivity (Wildman–Crippen MR) is 140 cm³/mol. The molecular weight excluding hydrogens is 476 g/mol. The molecular formula is C33H22O5. The lowest BCUT2D eigenvalue weighted by Crippen LogP contribution is -2.51. The molecule has 0 radical (unpaired) electrons. The minimum atomic E-state index is -2.06. The summed E-state index contributed by atoms with van der Waals surface area (Å²) in [5.41, 5.74) is -0.754. The molecule has 1 heterocycles. The van der Waals surface area contributed by atoms with E-state index in [9.17, 15) is 19.2 Å². The number of aryl methyl sites for hydroxylation is 1. The topological polar surface area (TPSA) is 77.5 Å². The first-order valence-corrected chi connectivity index (χ1v) is 12.6. The maximum Gasteiger partial charge on any atom is 0.204 e. The van der Waals surface area contributed by atoms with Gasteiger partial charge in [-0.15, -0.1) is 0 Å². The van der Waals surface area contributed by atoms with Crippen LogP contribution < -0.4 is 0 Å². The van der Waals surface area contributed by atoms with Gasteiger partial charge in [-0.05, 0) is 18.1 Å². The fraction of sp³-hybridized carbons (Fsp3) is 0.152. The highest BCUT2D eigenvalue weighted by Gasteiger charge is 2.79. The van der Waals surface area contributed by atoms with Crippen LogP contribution in [0.4, 0.5) is 0 Å². The molecule has 1 aliphatic heterocycles. The highest BCUT2D eigenvalue weighted by Crippen LogP contribution is 2.67. The van der Waals surface area contributed by atoms with Gasteiger partial charge in [0.1, 0.15) is 11.5 Å². The highest BCUT2D eigenvalue weighted by atomic mass is 16.5. The van der Waals surface area contributed by atoms with E-state index in [0.717, 1.165) is 5.56 Å². The minimum Gasteiger partial charge on any atom is -0.348 e. The summed E-state index contributed by atoms with van der Waals surface area (Å²) in [6.07, 6.45) is -1.15. The zero-order valence-electron chi connectivity index (χ0n) is 20.5. The highest BCUT2D eigenvalue weighted by molar-refractivity contribution is 6.37. The average Bonchev–Trinajstić information content (AvgIpc) is 3.48. The van der Waals surface area contributed by atoms with E-state index in [2.05, 4.69) is 0 Å². The van der Waals surface area contributed by atoms with Gasteiger partial charge < -0.3 is 4.74 Å². The van der Waals surface area contributed by atoms with Gasteiger partial charge >= 0.3 is 0 Å². The Hall–Kier alpha value is -4.48. The Morgan fingerprint density at radius 1 is 0.526 bits per heavy atom. The van der Waals surface area contributed by atoms with Crippen molar-refractivity contribution in [2.75, 3.05) is 0 Å². The van der Waals surface area contributed by atoms with Gasteiger partial charge in [-0.2, -0.15) is 0 Å². The monoisotopic (exact) mass is 498 g/mol. The molecule has 7 rings (SSSR count). The molecule has 0 N–H and O–H groups in total. The number of hydrogen-bond acceptors (Lipinski definition) is 5. The van der Waals surface area contributed by atoms with Crippen LogP contribution in [0.1, 0.15) is 70.1 Å². The number of ether oxygens (including phenoxy) is 1. The molecule has 0 saturated carbocycles. The van der Waals surface area contributed by atoms with Crippen molar-refractivity contribution in [3.05, 3.63) is 142 Å². The number of carbonyl (C=O) groups excluding carboxylic acids is 4. The van der Waals surface area contributed by atoms with Gasteiger partial charge in [-0.3, -0.25) is 19.2 Å². The summed E-state index contributed by atoms with van der Waals surface area (Å²) >= 11 is 0. The fourth-order valence-corrected chi connectivity index (χ4v) is 6.71. The van der Waals surface area contributed by atoms with Crippen molar-refractivity contribution in [2.45, 2.75) is 24.5 Å². The second-order valence-corrected chi connectivity index (χ2v) is 10.3. The van der Waals surface area contributed by atoms with E-state index in [4.69, 9.17) is 4.74 Å². The summed E-state index contributed by atoms with van der Waals surface area (Å²) in [6, 6.07) is 29.6. The number of rotatable bonds is 2. The molecule has 0 aromatic heterocycles. The molecule has 1 saturated heterocycles. The van der Waals surface area contributed by atoms with E-state index in [1.165, 1.54) is 0 Å². The van der Waals surface area contributed by atoms with Gasteiger partial charge in [0.25, 0.3) is 0 Å². The Bertz CT molecular complexity index is 1610. The van der Waals surface area contributed by atoms with Crippen LogP contribution in [-0.2, 0) is 4.74 Å². The van der Waals surface area contributed by atoms with E-state index < -0.39 is 46.2 Å². The van der Waals surface area contributed by atoms with Gasteiger partial charge in [0.05, 0.1) is 5.92 Å². The van der Waals surface area contributed by atoms with Crippen LogP contribution in [0.3, 0.4) is 0 Å². The number of benzene rings is 4. The van der Waals surface area contributed by atoms with Crippen LogP contribution in [0.2, 0.25) is 0 Å². The summed E-state index contributed by atoms with van der Waals surface area (Å²) in [6.45, 7) is 1.94. The van der Waals surface area contributed by atoms with Crippen LogP contribution in [0.5, 0.6) is 0 Å². The van der Waals surface area contributed by atoms with Crippen molar-refractivity contribution >= 4 is 23.1 Å². The zero-order chi connectivity index (χ0) is 26.2. The summed E-state index contributed by atoms with van der Waals surface area (Å²) in [5, 5.41) is 0. The van der Waals surface area contributed by atoms with E-state index in [1.54, 1.807) is 72.8 Å². The standard InChI is InChI=1S/C33H22O5/c1-19-15-17-21(18-16-19)31-32(27(34)22-11-5-6-12-23(22)28(32)35)26(20-9-3-2-4-10-20)33(38-31)29(36)24-13-7-8-14-25(24)30(33)37/h2-18,26,31H,1H3/t26-,31+/m0/s1. The summed E-state index contributed by atoms with van der Waals surface area (Å²) < 4.78 is 6.68. The summed E-state index contributed by atoms with van der Waals surface area (Å²) in [7, 11) is 0. The molecule has 3 aliphatic rings. The van der Waals surface area contributed by atoms with Gasteiger partial charge in [0.2, 0.25) is 17.2 Å². The molecule has 1 fully saturated rings. The van der Waals surface area contributed by atoms with E-state index in [-0.39, 0.29) is 22.3 Å². The van der Waals surface area contributed by atoms with E-state index >= 15 is 0 Å². The quantitative estimate of drug-likeness (QED) is 0.330.